The predicted octanol–water partition coefficient (Wildman–Crippen LogP) is 2.84. The van der Waals surface area contributed by atoms with Crippen molar-refractivity contribution in [3.8, 4) is 0 Å². The van der Waals surface area contributed by atoms with Crippen LogP contribution in [0.5, 0.6) is 0 Å². The third-order valence-electron chi connectivity index (χ3n) is 4.27. The zero-order valence-corrected chi connectivity index (χ0v) is 12.0. The zero-order valence-electron chi connectivity index (χ0n) is 12.0. The van der Waals surface area contributed by atoms with Gasteiger partial charge in [0.15, 0.2) is 0 Å². The molecule has 3 rings (SSSR count). The van der Waals surface area contributed by atoms with Crippen LogP contribution >= 0.6 is 0 Å². The smallest absolute Gasteiger partial charge is 0.0489 e. The lowest BCUT2D eigenvalue weighted by atomic mass is 9.96. The van der Waals surface area contributed by atoms with Gasteiger partial charge in [0.25, 0.3) is 0 Å². The summed E-state index contributed by atoms with van der Waals surface area (Å²) in [4.78, 5) is 2.60. The van der Waals surface area contributed by atoms with E-state index in [0.717, 1.165) is 12.5 Å². The highest BCUT2D eigenvalue weighted by Gasteiger charge is 2.19. The second-order valence-electron chi connectivity index (χ2n) is 5.75. The van der Waals surface area contributed by atoms with Gasteiger partial charge in [-0.3, -0.25) is 4.68 Å². The first-order chi connectivity index (χ1) is 9.90. The molecule has 0 atom stereocenters. The van der Waals surface area contributed by atoms with E-state index in [2.05, 4.69) is 51.2 Å². The summed E-state index contributed by atoms with van der Waals surface area (Å²) >= 11 is 0. The molecule has 20 heavy (non-hydrogen) atoms. The number of rotatable bonds is 5. The molecule has 3 nitrogen and oxygen atoms in total. The molecule has 1 aliphatic rings. The zero-order chi connectivity index (χ0) is 13.6. The van der Waals surface area contributed by atoms with Gasteiger partial charge in [-0.1, -0.05) is 30.3 Å². The molecule has 0 amide bonds. The lowest BCUT2D eigenvalue weighted by molar-refractivity contribution is 0.172. The van der Waals surface area contributed by atoms with E-state index in [4.69, 9.17) is 0 Å². The van der Waals surface area contributed by atoms with Crippen LogP contribution in [-0.2, 0) is 13.0 Å². The molecule has 0 radical (unpaired) electrons. The van der Waals surface area contributed by atoms with E-state index in [0.29, 0.717) is 0 Å². The Morgan fingerprint density at radius 2 is 1.85 bits per heavy atom. The molecule has 1 aromatic heterocycles. The Balaban J connectivity index is 1.40. The molecule has 3 heteroatoms. The van der Waals surface area contributed by atoms with Crippen LogP contribution in [0.3, 0.4) is 0 Å². The normalized spacial score (nSPS) is 17.4. The van der Waals surface area contributed by atoms with Crippen LogP contribution in [0.1, 0.15) is 18.4 Å². The standard InChI is InChI=1S/C17H23N3/c1-2-5-16(6-3-1)7-12-19-13-8-17(9-14-19)15-20-11-4-10-18-20/h1-6,10-11,17H,7-9,12-15H2. The van der Waals surface area contributed by atoms with Crippen LogP contribution in [0.4, 0.5) is 0 Å². The number of aromatic nitrogens is 2. The van der Waals surface area contributed by atoms with Crippen molar-refractivity contribution in [2.45, 2.75) is 25.8 Å². The molecule has 0 saturated carbocycles. The van der Waals surface area contributed by atoms with Crippen molar-refractivity contribution in [3.63, 3.8) is 0 Å². The third-order valence-corrected chi connectivity index (χ3v) is 4.27. The van der Waals surface area contributed by atoms with E-state index in [-0.39, 0.29) is 0 Å². The molecule has 1 fully saturated rings. The third kappa shape index (κ3) is 3.70. The van der Waals surface area contributed by atoms with E-state index in [1.807, 2.05) is 12.3 Å². The maximum atomic E-state index is 4.31. The second kappa shape index (κ2) is 6.71. The van der Waals surface area contributed by atoms with Gasteiger partial charge in [-0.15, -0.1) is 0 Å². The average molecular weight is 269 g/mol. The minimum Gasteiger partial charge on any atom is -0.303 e. The topological polar surface area (TPSA) is 21.1 Å². The highest BCUT2D eigenvalue weighted by Crippen LogP contribution is 2.19. The fourth-order valence-corrected chi connectivity index (χ4v) is 3.00. The monoisotopic (exact) mass is 269 g/mol. The molecular formula is C17H23N3. The second-order valence-corrected chi connectivity index (χ2v) is 5.75. The van der Waals surface area contributed by atoms with Gasteiger partial charge in [0.2, 0.25) is 0 Å². The molecule has 2 heterocycles. The number of nitrogens with zero attached hydrogens (tertiary/aromatic N) is 3. The van der Waals surface area contributed by atoms with Crippen LogP contribution in [-0.4, -0.2) is 34.3 Å². The van der Waals surface area contributed by atoms with Crippen molar-refractivity contribution in [2.24, 2.45) is 5.92 Å². The Bertz CT molecular complexity index is 484. The van der Waals surface area contributed by atoms with Gasteiger partial charge in [-0.2, -0.15) is 5.10 Å². The summed E-state index contributed by atoms with van der Waals surface area (Å²) in [5.41, 5.74) is 1.45. The van der Waals surface area contributed by atoms with Gasteiger partial charge < -0.3 is 4.90 Å². The van der Waals surface area contributed by atoms with E-state index < -0.39 is 0 Å². The van der Waals surface area contributed by atoms with Gasteiger partial charge in [0.1, 0.15) is 0 Å². The lowest BCUT2D eigenvalue weighted by Gasteiger charge is -2.31. The lowest BCUT2D eigenvalue weighted by Crippen LogP contribution is -2.36. The maximum Gasteiger partial charge on any atom is 0.0489 e. The highest BCUT2D eigenvalue weighted by molar-refractivity contribution is 5.14. The molecule has 0 unspecified atom stereocenters. The summed E-state index contributed by atoms with van der Waals surface area (Å²) in [7, 11) is 0. The van der Waals surface area contributed by atoms with Crippen molar-refractivity contribution < 1.29 is 0 Å². The van der Waals surface area contributed by atoms with E-state index in [1.54, 1.807) is 0 Å². The van der Waals surface area contributed by atoms with E-state index >= 15 is 0 Å². The van der Waals surface area contributed by atoms with Gasteiger partial charge in [-0.05, 0) is 49.9 Å². The van der Waals surface area contributed by atoms with Crippen molar-refractivity contribution in [2.75, 3.05) is 19.6 Å². The van der Waals surface area contributed by atoms with E-state index in [9.17, 15) is 0 Å². The number of hydrogen-bond donors (Lipinski definition) is 0. The van der Waals surface area contributed by atoms with Crippen molar-refractivity contribution in [1.82, 2.24) is 14.7 Å². The minimum atomic E-state index is 0.794. The van der Waals surface area contributed by atoms with Gasteiger partial charge in [0.05, 0.1) is 0 Å². The molecule has 2 aromatic rings. The Hall–Kier alpha value is -1.61. The number of benzene rings is 1. The molecular weight excluding hydrogens is 246 g/mol. The largest absolute Gasteiger partial charge is 0.303 e. The minimum absolute atomic E-state index is 0.794. The van der Waals surface area contributed by atoms with Crippen molar-refractivity contribution >= 4 is 0 Å². The van der Waals surface area contributed by atoms with Crippen LogP contribution < -0.4 is 0 Å². The summed E-state index contributed by atoms with van der Waals surface area (Å²) < 4.78 is 2.07. The molecule has 0 aliphatic carbocycles. The summed E-state index contributed by atoms with van der Waals surface area (Å²) in [6.07, 6.45) is 7.71. The number of likely N-dealkylation sites (tertiary alicyclic amines) is 1. The first-order valence-electron chi connectivity index (χ1n) is 7.64. The van der Waals surface area contributed by atoms with Gasteiger partial charge in [-0.25, -0.2) is 0 Å². The molecule has 1 saturated heterocycles. The van der Waals surface area contributed by atoms with Crippen LogP contribution in [0.25, 0.3) is 0 Å². The first-order valence-corrected chi connectivity index (χ1v) is 7.64. The molecule has 0 N–H and O–H groups in total. The summed E-state index contributed by atoms with van der Waals surface area (Å²) in [5.74, 6) is 0.794. The fraction of sp³-hybridized carbons (Fsp3) is 0.471. The molecule has 106 valence electrons. The molecule has 1 aromatic carbocycles. The quantitative estimate of drug-likeness (QED) is 0.832. The average Bonchev–Trinajstić information content (AvgIpc) is 3.01. The Morgan fingerprint density at radius 1 is 1.05 bits per heavy atom. The van der Waals surface area contributed by atoms with Gasteiger partial charge >= 0.3 is 0 Å². The molecule has 0 bridgehead atoms. The number of hydrogen-bond acceptors (Lipinski definition) is 2. The fourth-order valence-electron chi connectivity index (χ4n) is 3.00. The summed E-state index contributed by atoms with van der Waals surface area (Å²) in [6.45, 7) is 4.75. The van der Waals surface area contributed by atoms with E-state index in [1.165, 1.54) is 44.5 Å². The van der Waals surface area contributed by atoms with Crippen LogP contribution in [0.15, 0.2) is 48.8 Å². The van der Waals surface area contributed by atoms with Crippen molar-refractivity contribution in [1.29, 1.82) is 0 Å². The molecule has 1 aliphatic heterocycles. The highest BCUT2D eigenvalue weighted by atomic mass is 15.3. The van der Waals surface area contributed by atoms with Gasteiger partial charge in [0, 0.05) is 25.5 Å². The summed E-state index contributed by atoms with van der Waals surface area (Å²) in [5, 5.41) is 4.31. The van der Waals surface area contributed by atoms with Crippen LogP contribution in [0, 0.1) is 5.92 Å². The SMILES string of the molecule is c1ccc(CCN2CCC(Cn3cccn3)CC2)cc1. The predicted molar refractivity (Wildman–Crippen MR) is 81.5 cm³/mol. The Kier molecular flexibility index (Phi) is 4.49. The van der Waals surface area contributed by atoms with Crippen LogP contribution in [0.2, 0.25) is 0 Å². The summed E-state index contributed by atoms with van der Waals surface area (Å²) in [6, 6.07) is 12.8. The van der Waals surface area contributed by atoms with Crippen molar-refractivity contribution in [3.05, 3.63) is 54.4 Å². The first kappa shape index (κ1) is 13.4. The maximum absolute atomic E-state index is 4.31. The Labute approximate surface area is 121 Å². The number of piperidine rings is 1. The molecule has 0 spiro atoms. The Morgan fingerprint density at radius 3 is 2.55 bits per heavy atom.